The van der Waals surface area contributed by atoms with E-state index in [0.717, 1.165) is 30.7 Å². The maximum absolute atomic E-state index is 12.4. The molecule has 2 saturated heterocycles. The Hall–Kier alpha value is -3.58. The van der Waals surface area contributed by atoms with Gasteiger partial charge in [-0.2, -0.15) is 0 Å². The van der Waals surface area contributed by atoms with E-state index < -0.39 is 29.5 Å². The third-order valence-corrected chi connectivity index (χ3v) is 8.07. The van der Waals surface area contributed by atoms with Gasteiger partial charge in [0.25, 0.3) is 0 Å². The van der Waals surface area contributed by atoms with Gasteiger partial charge >= 0.3 is 12.2 Å². The number of hydrogen-bond acceptors (Lipinski definition) is 10. The van der Waals surface area contributed by atoms with Gasteiger partial charge in [0.1, 0.15) is 35.9 Å². The van der Waals surface area contributed by atoms with Crippen molar-refractivity contribution in [1.29, 1.82) is 0 Å². The zero-order valence-corrected chi connectivity index (χ0v) is 32.5. The second-order valence-electron chi connectivity index (χ2n) is 14.9. The zero-order valence-electron chi connectivity index (χ0n) is 33.5. The van der Waals surface area contributed by atoms with E-state index in [1.54, 1.807) is 38.7 Å². The molecule has 0 bridgehead atoms. The molecule has 4 rings (SSSR count). The number of nitrogens with zero attached hydrogens (tertiary/aromatic N) is 1. The van der Waals surface area contributed by atoms with Crippen LogP contribution in [0.2, 0.25) is 0 Å². The lowest BCUT2D eigenvalue weighted by atomic mass is 10.1. The van der Waals surface area contributed by atoms with Crippen LogP contribution in [0.15, 0.2) is 48.5 Å². The highest BCUT2D eigenvalue weighted by Crippen LogP contribution is 2.25. The van der Waals surface area contributed by atoms with Crippen LogP contribution < -0.4 is 25.8 Å². The highest BCUT2D eigenvalue weighted by molar-refractivity contribution is 5.69. The Kier molecular flexibility index (Phi) is 18.5. The molecule has 2 heterocycles. The van der Waals surface area contributed by atoms with Crippen molar-refractivity contribution in [2.75, 3.05) is 39.4 Å². The van der Waals surface area contributed by atoms with E-state index in [1.165, 1.54) is 12.8 Å². The monoisotopic (exact) mass is 731 g/mol. The number of ether oxygens (including phenoxy) is 4. The van der Waals surface area contributed by atoms with Crippen LogP contribution in [-0.4, -0.2) is 90.0 Å². The van der Waals surface area contributed by atoms with Gasteiger partial charge in [-0.05, 0) is 129 Å². The Bertz CT molecular complexity index is 1350. The predicted molar refractivity (Wildman–Crippen MR) is 205 cm³/mol. The van der Waals surface area contributed by atoms with Crippen molar-refractivity contribution < 1.29 is 40.1 Å². The fourth-order valence-corrected chi connectivity index (χ4v) is 5.60. The molecular formula is C40H66N4O8. The van der Waals surface area contributed by atoms with Crippen LogP contribution in [-0.2, 0) is 9.47 Å². The Morgan fingerprint density at radius 1 is 0.923 bits per heavy atom. The number of hydrogen-bond donors (Lipinski definition) is 5. The first-order chi connectivity index (χ1) is 25.0. The van der Waals surface area contributed by atoms with E-state index in [0.29, 0.717) is 63.4 Å². The topological polar surface area (TPSA) is 165 Å². The highest BCUT2D eigenvalue weighted by Gasteiger charge is 2.32. The van der Waals surface area contributed by atoms with Gasteiger partial charge in [0.05, 0.1) is 18.2 Å². The fraction of sp³-hybridized carbons (Fsp3) is 0.650. The quantitative estimate of drug-likeness (QED) is 0.151. The molecule has 0 spiro atoms. The largest absolute Gasteiger partial charge is 0.492 e. The normalized spacial score (nSPS) is 18.4. The summed E-state index contributed by atoms with van der Waals surface area (Å²) in [6.07, 6.45) is 3.03. The number of nitrogens with one attached hydrogen (secondary N) is 2. The van der Waals surface area contributed by atoms with E-state index in [9.17, 15) is 19.8 Å². The molecule has 2 aromatic carbocycles. The first kappa shape index (κ1) is 42.8. The van der Waals surface area contributed by atoms with Gasteiger partial charge in [0, 0.05) is 20.5 Å². The number of rotatable bonds is 13. The lowest BCUT2D eigenvalue weighted by Gasteiger charge is -2.28. The van der Waals surface area contributed by atoms with Crippen LogP contribution in [0.3, 0.4) is 0 Å². The van der Waals surface area contributed by atoms with Crippen LogP contribution in [0, 0.1) is 0 Å². The summed E-state index contributed by atoms with van der Waals surface area (Å²) >= 11 is 0. The average Bonchev–Trinajstić information content (AvgIpc) is 3.79. The molecule has 2 fully saturated rings. The molecular weight excluding hydrogens is 664 g/mol. The highest BCUT2D eigenvalue weighted by atomic mass is 16.6. The number of nitrogens with two attached hydrogens (primary N) is 1. The molecule has 0 aliphatic carbocycles. The summed E-state index contributed by atoms with van der Waals surface area (Å²) in [5, 5.41) is 26.4. The summed E-state index contributed by atoms with van der Waals surface area (Å²) < 4.78 is 28.6. The van der Waals surface area contributed by atoms with E-state index in [4.69, 9.17) is 26.1 Å². The summed E-state index contributed by atoms with van der Waals surface area (Å²) in [5.41, 5.74) is 5.92. The Morgan fingerprint density at radius 2 is 1.50 bits per heavy atom. The minimum atomic E-state index is -0.752. The molecule has 2 amide bonds. The minimum absolute atomic E-state index is 0.0449. The standard InChI is InChI=1S/C24H38N2O6.C14H22N2O2.C2H6/c1-23(2,3)31-21(28)25-13-12-20(27)17-9-7-11-19(15-17)30-16-18-10-8-14-26(18)22(29)32-24(4,5)6;15-7-6-14(17)11-3-1-5-13(9-11)18-10-12-4-2-8-16-12;1-2/h7,9,11,15,18,20,27H,8,10,12-14,16H2,1-6H3,(H,25,28);1,3,5,9,12,14,16-17H,2,4,6-8,10,15H2;1-2H3/t18-,20+;12-,14+;/m00./s1/i;;1D. The molecule has 12 heteroatoms. The SMILES string of the molecule is CC(C)(C)OC(=O)NCC[C@@H](O)c1cccc(OC[C@@H]2CCCN2C(=O)OC(C)(C)C)c1.NCC[C@@H](O)c1cccc(OC[C@@H]2CCCN2)c1.[2H]CC. The van der Waals surface area contributed by atoms with E-state index in [1.807, 2.05) is 63.2 Å². The first-order valence-electron chi connectivity index (χ1n) is 19.3. The van der Waals surface area contributed by atoms with Crippen LogP contribution in [0.1, 0.15) is 119 Å². The Balaban J connectivity index is 0.000000388. The smallest absolute Gasteiger partial charge is 0.410 e. The molecule has 2 aliphatic heterocycles. The van der Waals surface area contributed by atoms with Gasteiger partial charge in [-0.15, -0.1) is 0 Å². The second-order valence-corrected chi connectivity index (χ2v) is 14.9. The first-order valence-corrected chi connectivity index (χ1v) is 18.6. The molecule has 0 unspecified atom stereocenters. The van der Waals surface area contributed by atoms with Gasteiger partial charge in [0.2, 0.25) is 0 Å². The van der Waals surface area contributed by atoms with Crippen LogP contribution in [0.4, 0.5) is 9.59 Å². The van der Waals surface area contributed by atoms with E-state index in [-0.39, 0.29) is 18.7 Å². The van der Waals surface area contributed by atoms with Gasteiger partial charge in [-0.25, -0.2) is 9.59 Å². The van der Waals surface area contributed by atoms with Crippen LogP contribution in [0.25, 0.3) is 0 Å². The number of amides is 2. The summed E-state index contributed by atoms with van der Waals surface area (Å²) in [7, 11) is 0. The number of carbonyl (C=O) groups excluding carboxylic acids is 2. The van der Waals surface area contributed by atoms with Crippen molar-refractivity contribution in [1.82, 2.24) is 15.5 Å². The van der Waals surface area contributed by atoms with Crippen molar-refractivity contribution in [2.45, 2.75) is 129 Å². The molecule has 0 radical (unpaired) electrons. The summed E-state index contributed by atoms with van der Waals surface area (Å²) in [5.74, 6) is 1.44. The molecule has 52 heavy (non-hydrogen) atoms. The summed E-state index contributed by atoms with van der Waals surface area (Å²) in [4.78, 5) is 25.9. The van der Waals surface area contributed by atoms with Crippen molar-refractivity contribution in [3.05, 3.63) is 59.7 Å². The molecule has 4 atom stereocenters. The lowest BCUT2D eigenvalue weighted by Crippen LogP contribution is -2.42. The van der Waals surface area contributed by atoms with E-state index >= 15 is 0 Å². The molecule has 2 aromatic rings. The maximum atomic E-state index is 12.4. The maximum Gasteiger partial charge on any atom is 0.410 e. The molecule has 6 N–H and O–H groups in total. The van der Waals surface area contributed by atoms with Gasteiger partial charge in [-0.1, -0.05) is 38.1 Å². The number of alkyl carbamates (subject to hydrolysis) is 1. The molecule has 0 aromatic heterocycles. The summed E-state index contributed by atoms with van der Waals surface area (Å²) in [6.45, 7) is 16.8. The minimum Gasteiger partial charge on any atom is -0.492 e. The second kappa shape index (κ2) is 22.5. The van der Waals surface area contributed by atoms with Crippen molar-refractivity contribution in [2.24, 2.45) is 5.73 Å². The number of carbonyl (C=O) groups is 2. The lowest BCUT2D eigenvalue weighted by molar-refractivity contribution is 0.0187. The molecule has 294 valence electrons. The average molecular weight is 732 g/mol. The van der Waals surface area contributed by atoms with Crippen LogP contribution in [0.5, 0.6) is 11.5 Å². The molecule has 0 saturated carbocycles. The third-order valence-electron chi connectivity index (χ3n) is 8.07. The van der Waals surface area contributed by atoms with Gasteiger partial charge < -0.3 is 50.4 Å². The van der Waals surface area contributed by atoms with Crippen molar-refractivity contribution in [3.63, 3.8) is 0 Å². The van der Waals surface area contributed by atoms with Gasteiger partial charge in [0.15, 0.2) is 0 Å². The number of aliphatic hydroxyl groups excluding tert-OH is 2. The predicted octanol–water partition coefficient (Wildman–Crippen LogP) is 6.64. The van der Waals surface area contributed by atoms with Crippen molar-refractivity contribution in [3.8, 4) is 11.5 Å². The van der Waals surface area contributed by atoms with Crippen LogP contribution >= 0.6 is 0 Å². The number of aliphatic hydroxyl groups is 2. The summed E-state index contributed by atoms with van der Waals surface area (Å²) in [6, 6.07) is 15.3. The Labute approximate surface area is 313 Å². The fourth-order valence-electron chi connectivity index (χ4n) is 5.60. The molecule has 2 aliphatic rings. The molecule has 12 nitrogen and oxygen atoms in total. The number of benzene rings is 2. The van der Waals surface area contributed by atoms with Gasteiger partial charge in [-0.3, -0.25) is 0 Å². The zero-order chi connectivity index (χ0) is 39.4. The Morgan fingerprint density at radius 3 is 2.04 bits per heavy atom. The third kappa shape index (κ3) is 17.3. The number of likely N-dealkylation sites (tertiary alicyclic amines) is 1. The van der Waals surface area contributed by atoms with E-state index in [2.05, 4.69) is 10.6 Å². The van der Waals surface area contributed by atoms with Crippen molar-refractivity contribution >= 4 is 12.2 Å².